The van der Waals surface area contributed by atoms with Crippen molar-refractivity contribution in [3.63, 3.8) is 0 Å². The van der Waals surface area contributed by atoms with Crippen LogP contribution in [0.2, 0.25) is 0 Å². The Morgan fingerprint density at radius 3 is 2.53 bits per heavy atom. The van der Waals surface area contributed by atoms with E-state index in [0.29, 0.717) is 6.42 Å². The number of nitrogens with zero attached hydrogens (tertiary/aromatic N) is 1. The molecule has 0 amide bonds. The molecule has 3 nitrogen and oxygen atoms in total. The van der Waals surface area contributed by atoms with E-state index < -0.39 is 0 Å². The maximum atomic E-state index is 11.5. The Balaban J connectivity index is 2.14. The van der Waals surface area contributed by atoms with Crippen LogP contribution in [0.3, 0.4) is 0 Å². The highest BCUT2D eigenvalue weighted by Crippen LogP contribution is 2.28. The first-order valence-corrected chi connectivity index (χ1v) is 6.17. The van der Waals surface area contributed by atoms with Crippen molar-refractivity contribution in [1.82, 2.24) is 4.90 Å². The van der Waals surface area contributed by atoms with Gasteiger partial charge < -0.3 is 4.74 Å². The topological polar surface area (TPSA) is 29.5 Å². The van der Waals surface area contributed by atoms with Crippen LogP contribution in [-0.4, -0.2) is 31.1 Å². The molecule has 1 saturated heterocycles. The minimum absolute atomic E-state index is 0.134. The van der Waals surface area contributed by atoms with Gasteiger partial charge in [0.1, 0.15) is 0 Å². The Morgan fingerprint density at radius 2 is 1.94 bits per heavy atom. The van der Waals surface area contributed by atoms with Gasteiger partial charge in [0.15, 0.2) is 0 Å². The molecule has 1 aliphatic rings. The lowest BCUT2D eigenvalue weighted by atomic mass is 10.0. The molecule has 1 aromatic carbocycles. The first-order chi connectivity index (χ1) is 8.31. The summed E-state index contributed by atoms with van der Waals surface area (Å²) in [5.74, 6) is -0.134. The van der Waals surface area contributed by atoms with Gasteiger partial charge in [-0.1, -0.05) is 30.3 Å². The summed E-state index contributed by atoms with van der Waals surface area (Å²) in [6.07, 6.45) is 2.90. The average molecular weight is 233 g/mol. The molecule has 0 bridgehead atoms. The Labute approximate surface area is 102 Å². The predicted molar refractivity (Wildman–Crippen MR) is 66.6 cm³/mol. The maximum absolute atomic E-state index is 11.5. The maximum Gasteiger partial charge on any atom is 0.307 e. The largest absolute Gasteiger partial charge is 0.469 e. The van der Waals surface area contributed by atoms with Gasteiger partial charge in [0.2, 0.25) is 0 Å². The van der Waals surface area contributed by atoms with E-state index in [1.165, 1.54) is 25.5 Å². The molecular weight excluding hydrogens is 214 g/mol. The molecule has 0 aliphatic carbocycles. The van der Waals surface area contributed by atoms with Crippen LogP contribution >= 0.6 is 0 Å². The van der Waals surface area contributed by atoms with Crippen LogP contribution in [0.4, 0.5) is 0 Å². The van der Waals surface area contributed by atoms with Crippen LogP contribution in [-0.2, 0) is 9.53 Å². The van der Waals surface area contributed by atoms with Gasteiger partial charge >= 0.3 is 5.97 Å². The summed E-state index contributed by atoms with van der Waals surface area (Å²) in [5.41, 5.74) is 1.21. The van der Waals surface area contributed by atoms with Crippen molar-refractivity contribution in [1.29, 1.82) is 0 Å². The van der Waals surface area contributed by atoms with Gasteiger partial charge in [-0.25, -0.2) is 0 Å². The molecule has 1 aliphatic heterocycles. The summed E-state index contributed by atoms with van der Waals surface area (Å²) >= 11 is 0. The lowest BCUT2D eigenvalue weighted by Crippen LogP contribution is -2.28. The van der Waals surface area contributed by atoms with Crippen molar-refractivity contribution >= 4 is 5.97 Å². The fraction of sp³-hybridized carbons (Fsp3) is 0.500. The van der Waals surface area contributed by atoms with Crippen LogP contribution in [0, 0.1) is 0 Å². The average Bonchev–Trinajstić information content (AvgIpc) is 2.90. The molecule has 0 N–H and O–H groups in total. The molecule has 0 spiro atoms. The Kier molecular flexibility index (Phi) is 4.15. The standard InChI is InChI=1S/C14H19NO2/c1-17-14(16)11-13(15-9-5-6-10-15)12-7-3-2-4-8-12/h2-4,7-8,13H,5-6,9-11H2,1H3/t13-/m0/s1. The van der Waals surface area contributed by atoms with Gasteiger partial charge in [-0.3, -0.25) is 9.69 Å². The number of hydrogen-bond donors (Lipinski definition) is 0. The predicted octanol–water partition coefficient (Wildman–Crippen LogP) is 2.39. The van der Waals surface area contributed by atoms with Gasteiger partial charge in [0.25, 0.3) is 0 Å². The molecule has 17 heavy (non-hydrogen) atoms. The fourth-order valence-corrected chi connectivity index (χ4v) is 2.43. The fourth-order valence-electron chi connectivity index (χ4n) is 2.43. The number of carbonyl (C=O) groups excluding carboxylic acids is 1. The summed E-state index contributed by atoms with van der Waals surface area (Å²) in [7, 11) is 1.45. The molecule has 0 radical (unpaired) electrons. The van der Waals surface area contributed by atoms with Gasteiger partial charge in [-0.2, -0.15) is 0 Å². The zero-order chi connectivity index (χ0) is 12.1. The molecule has 1 heterocycles. The van der Waals surface area contributed by atoms with E-state index in [1.54, 1.807) is 0 Å². The van der Waals surface area contributed by atoms with Gasteiger partial charge in [-0.05, 0) is 31.5 Å². The third-order valence-electron chi connectivity index (χ3n) is 3.35. The molecule has 1 aromatic rings. The number of likely N-dealkylation sites (tertiary alicyclic amines) is 1. The van der Waals surface area contributed by atoms with E-state index in [9.17, 15) is 4.79 Å². The molecule has 2 rings (SSSR count). The molecular formula is C14H19NO2. The summed E-state index contributed by atoms with van der Waals surface area (Å²) in [4.78, 5) is 13.9. The summed E-state index contributed by atoms with van der Waals surface area (Å²) in [5, 5.41) is 0. The first kappa shape index (κ1) is 12.1. The SMILES string of the molecule is COC(=O)C[C@@H](c1ccccc1)N1CCCC1. The highest BCUT2D eigenvalue weighted by atomic mass is 16.5. The quantitative estimate of drug-likeness (QED) is 0.748. The number of ether oxygens (including phenoxy) is 1. The minimum atomic E-state index is -0.134. The molecule has 3 heteroatoms. The van der Waals surface area contributed by atoms with Crippen molar-refractivity contribution in [3.8, 4) is 0 Å². The van der Waals surface area contributed by atoms with E-state index in [0.717, 1.165) is 13.1 Å². The normalized spacial score (nSPS) is 17.9. The van der Waals surface area contributed by atoms with Crippen LogP contribution in [0.5, 0.6) is 0 Å². The second-order valence-electron chi connectivity index (χ2n) is 4.45. The number of benzene rings is 1. The van der Waals surface area contributed by atoms with E-state index in [-0.39, 0.29) is 12.0 Å². The third kappa shape index (κ3) is 3.07. The molecule has 1 atom stereocenters. The first-order valence-electron chi connectivity index (χ1n) is 6.17. The zero-order valence-electron chi connectivity index (χ0n) is 10.3. The van der Waals surface area contributed by atoms with Crippen molar-refractivity contribution < 1.29 is 9.53 Å². The zero-order valence-corrected chi connectivity index (χ0v) is 10.3. The minimum Gasteiger partial charge on any atom is -0.469 e. The van der Waals surface area contributed by atoms with Crippen LogP contribution < -0.4 is 0 Å². The second kappa shape index (κ2) is 5.82. The number of hydrogen-bond acceptors (Lipinski definition) is 3. The van der Waals surface area contributed by atoms with E-state index >= 15 is 0 Å². The summed E-state index contributed by atoms with van der Waals surface area (Å²) < 4.78 is 4.80. The highest BCUT2D eigenvalue weighted by Gasteiger charge is 2.25. The van der Waals surface area contributed by atoms with Gasteiger partial charge in [0, 0.05) is 6.04 Å². The number of methoxy groups -OCH3 is 1. The van der Waals surface area contributed by atoms with Crippen LogP contribution in [0.1, 0.15) is 30.9 Å². The van der Waals surface area contributed by atoms with Crippen LogP contribution in [0.25, 0.3) is 0 Å². The smallest absolute Gasteiger partial charge is 0.307 e. The third-order valence-corrected chi connectivity index (χ3v) is 3.35. The van der Waals surface area contributed by atoms with Crippen molar-refractivity contribution in [2.45, 2.75) is 25.3 Å². The van der Waals surface area contributed by atoms with Crippen LogP contribution in [0.15, 0.2) is 30.3 Å². The second-order valence-corrected chi connectivity index (χ2v) is 4.45. The highest BCUT2D eigenvalue weighted by molar-refractivity contribution is 5.70. The number of carbonyl (C=O) groups is 1. The number of esters is 1. The lowest BCUT2D eigenvalue weighted by Gasteiger charge is -2.27. The van der Waals surface area contributed by atoms with E-state index in [2.05, 4.69) is 17.0 Å². The molecule has 0 saturated carbocycles. The molecule has 92 valence electrons. The Hall–Kier alpha value is -1.35. The Bertz CT molecular complexity index is 358. The Morgan fingerprint density at radius 1 is 1.29 bits per heavy atom. The van der Waals surface area contributed by atoms with E-state index in [1.807, 2.05) is 18.2 Å². The van der Waals surface area contributed by atoms with Crippen molar-refractivity contribution in [2.75, 3.05) is 20.2 Å². The lowest BCUT2D eigenvalue weighted by molar-refractivity contribution is -0.142. The van der Waals surface area contributed by atoms with Gasteiger partial charge in [-0.15, -0.1) is 0 Å². The molecule has 0 aromatic heterocycles. The van der Waals surface area contributed by atoms with Crippen molar-refractivity contribution in [3.05, 3.63) is 35.9 Å². The number of rotatable bonds is 4. The van der Waals surface area contributed by atoms with Gasteiger partial charge in [0.05, 0.1) is 13.5 Å². The molecule has 1 fully saturated rings. The monoisotopic (exact) mass is 233 g/mol. The summed E-state index contributed by atoms with van der Waals surface area (Å²) in [6, 6.07) is 10.4. The van der Waals surface area contributed by atoms with Crippen molar-refractivity contribution in [2.24, 2.45) is 0 Å². The van der Waals surface area contributed by atoms with E-state index in [4.69, 9.17) is 4.74 Å². The molecule has 0 unspecified atom stereocenters. The summed E-state index contributed by atoms with van der Waals surface area (Å²) in [6.45, 7) is 2.16.